The quantitative estimate of drug-likeness (QED) is 0.593. The monoisotopic (exact) mass is 325 g/mol. The molecule has 3 nitrogen and oxygen atoms in total. The summed E-state index contributed by atoms with van der Waals surface area (Å²) in [6, 6.07) is 12.0. The molecule has 0 radical (unpaired) electrons. The number of hydrogen-bond acceptors (Lipinski definition) is 4. The lowest BCUT2D eigenvalue weighted by molar-refractivity contribution is -0.129. The number of nitrogens with zero attached hydrogens (tertiary/aromatic N) is 1. The molecule has 0 N–H and O–H groups in total. The van der Waals surface area contributed by atoms with Crippen LogP contribution in [0.15, 0.2) is 47.1 Å². The second-order valence-electron chi connectivity index (χ2n) is 6.61. The molecule has 1 aromatic heterocycles. The molecular formula is C19H19NO2S. The summed E-state index contributed by atoms with van der Waals surface area (Å²) in [5, 5.41) is 0. The normalized spacial score (nSPS) is 16.6. The van der Waals surface area contributed by atoms with Crippen LogP contribution >= 0.6 is 11.3 Å². The summed E-state index contributed by atoms with van der Waals surface area (Å²) >= 11 is 1.62. The first-order valence-corrected chi connectivity index (χ1v) is 8.34. The van der Waals surface area contributed by atoms with E-state index in [1.165, 1.54) is 10.4 Å². The number of ether oxygens (including phenoxy) is 1. The van der Waals surface area contributed by atoms with E-state index in [4.69, 9.17) is 4.74 Å². The van der Waals surface area contributed by atoms with Crippen molar-refractivity contribution in [2.24, 2.45) is 4.99 Å². The second-order valence-corrected chi connectivity index (χ2v) is 7.93. The molecule has 0 fully saturated rings. The molecule has 118 valence electrons. The zero-order valence-corrected chi connectivity index (χ0v) is 14.5. The summed E-state index contributed by atoms with van der Waals surface area (Å²) < 4.78 is 5.31. The van der Waals surface area contributed by atoms with Gasteiger partial charge < -0.3 is 4.74 Å². The Morgan fingerprint density at radius 2 is 1.78 bits per heavy atom. The average Bonchev–Trinajstić information content (AvgIpc) is 3.05. The van der Waals surface area contributed by atoms with E-state index < -0.39 is 5.97 Å². The molecular weight excluding hydrogens is 306 g/mol. The fourth-order valence-corrected chi connectivity index (χ4v) is 3.13. The molecule has 3 rings (SSSR count). The standard InChI is InChI=1S/C19H19NO2S/c1-12-5-10-15(23-12)11-16-18(21)22-17(20-16)13-6-8-14(9-7-13)19(2,3)4/h5-11H,1-4H3/b16-11-. The summed E-state index contributed by atoms with van der Waals surface area (Å²) in [7, 11) is 0. The van der Waals surface area contributed by atoms with E-state index in [9.17, 15) is 4.79 Å². The smallest absolute Gasteiger partial charge is 0.363 e. The summed E-state index contributed by atoms with van der Waals surface area (Å²) in [5.41, 5.74) is 2.49. The van der Waals surface area contributed by atoms with Crippen molar-refractivity contribution in [3.05, 3.63) is 63.0 Å². The van der Waals surface area contributed by atoms with E-state index in [2.05, 4.69) is 37.9 Å². The van der Waals surface area contributed by atoms with Gasteiger partial charge in [-0.3, -0.25) is 0 Å². The maximum Gasteiger partial charge on any atom is 0.363 e. The number of aryl methyl sites for hydroxylation is 1. The predicted octanol–water partition coefficient (Wildman–Crippen LogP) is 4.70. The number of benzene rings is 1. The van der Waals surface area contributed by atoms with Crippen LogP contribution in [0.5, 0.6) is 0 Å². The number of hydrogen-bond donors (Lipinski definition) is 0. The van der Waals surface area contributed by atoms with Gasteiger partial charge in [-0.05, 0) is 48.2 Å². The van der Waals surface area contributed by atoms with Gasteiger partial charge in [0.15, 0.2) is 5.70 Å². The summed E-state index contributed by atoms with van der Waals surface area (Å²) in [6.45, 7) is 8.53. The lowest BCUT2D eigenvalue weighted by Crippen LogP contribution is -2.11. The van der Waals surface area contributed by atoms with Crippen molar-refractivity contribution in [1.29, 1.82) is 0 Å². The zero-order valence-electron chi connectivity index (χ0n) is 13.7. The second kappa shape index (κ2) is 5.78. The molecule has 1 aromatic carbocycles. The topological polar surface area (TPSA) is 38.7 Å². The highest BCUT2D eigenvalue weighted by Gasteiger charge is 2.24. The van der Waals surface area contributed by atoms with Gasteiger partial charge in [0.2, 0.25) is 5.90 Å². The Labute approximate surface area is 140 Å². The van der Waals surface area contributed by atoms with Crippen molar-refractivity contribution < 1.29 is 9.53 Å². The molecule has 0 saturated carbocycles. The lowest BCUT2D eigenvalue weighted by atomic mass is 9.87. The van der Waals surface area contributed by atoms with E-state index in [-0.39, 0.29) is 5.41 Å². The highest BCUT2D eigenvalue weighted by Crippen LogP contribution is 2.25. The minimum atomic E-state index is -0.397. The third-order valence-corrected chi connectivity index (χ3v) is 4.61. The lowest BCUT2D eigenvalue weighted by Gasteiger charge is -2.18. The van der Waals surface area contributed by atoms with Gasteiger partial charge in [0.1, 0.15) is 0 Å². The number of carbonyl (C=O) groups is 1. The Bertz CT molecular complexity index is 805. The molecule has 0 aliphatic carbocycles. The minimum absolute atomic E-state index is 0.0920. The van der Waals surface area contributed by atoms with E-state index in [1.807, 2.05) is 31.2 Å². The van der Waals surface area contributed by atoms with Crippen LogP contribution in [0, 0.1) is 6.92 Å². The third-order valence-electron chi connectivity index (χ3n) is 3.66. The molecule has 0 bridgehead atoms. The Morgan fingerprint density at radius 1 is 1.09 bits per heavy atom. The Balaban J connectivity index is 1.88. The van der Waals surface area contributed by atoms with Crippen molar-refractivity contribution in [2.75, 3.05) is 0 Å². The van der Waals surface area contributed by atoms with Crippen LogP contribution in [0.25, 0.3) is 6.08 Å². The number of cyclic esters (lactones) is 1. The van der Waals surface area contributed by atoms with Gasteiger partial charge in [0, 0.05) is 15.3 Å². The fourth-order valence-electron chi connectivity index (χ4n) is 2.31. The first-order chi connectivity index (χ1) is 10.8. The number of thiophene rings is 1. The van der Waals surface area contributed by atoms with Crippen LogP contribution in [0.3, 0.4) is 0 Å². The summed E-state index contributed by atoms with van der Waals surface area (Å²) in [6.07, 6.45) is 1.77. The number of carbonyl (C=O) groups excluding carboxylic acids is 1. The van der Waals surface area contributed by atoms with E-state index >= 15 is 0 Å². The molecule has 0 amide bonds. The Hall–Kier alpha value is -2.20. The van der Waals surface area contributed by atoms with Gasteiger partial charge in [0.05, 0.1) is 0 Å². The van der Waals surface area contributed by atoms with Crippen molar-refractivity contribution in [2.45, 2.75) is 33.1 Å². The molecule has 1 aliphatic heterocycles. The first-order valence-electron chi connectivity index (χ1n) is 7.53. The van der Waals surface area contributed by atoms with Gasteiger partial charge in [-0.2, -0.15) is 0 Å². The summed E-state index contributed by atoms with van der Waals surface area (Å²) in [4.78, 5) is 18.5. The van der Waals surface area contributed by atoms with Crippen LogP contribution in [0.2, 0.25) is 0 Å². The zero-order chi connectivity index (χ0) is 16.6. The highest BCUT2D eigenvalue weighted by atomic mass is 32.1. The first kappa shape index (κ1) is 15.7. The Morgan fingerprint density at radius 3 is 2.35 bits per heavy atom. The number of aliphatic imine (C=N–C) groups is 1. The highest BCUT2D eigenvalue weighted by molar-refractivity contribution is 7.12. The van der Waals surface area contributed by atoms with E-state index in [0.29, 0.717) is 11.6 Å². The fraction of sp³-hybridized carbons (Fsp3) is 0.263. The number of esters is 1. The van der Waals surface area contributed by atoms with Gasteiger partial charge in [0.25, 0.3) is 0 Å². The Kier molecular flexibility index (Phi) is 3.94. The molecule has 4 heteroatoms. The maximum atomic E-state index is 12.0. The third kappa shape index (κ3) is 3.42. The van der Waals surface area contributed by atoms with Gasteiger partial charge in [-0.15, -0.1) is 11.3 Å². The molecule has 0 unspecified atom stereocenters. The minimum Gasteiger partial charge on any atom is -0.402 e. The van der Waals surface area contributed by atoms with Gasteiger partial charge >= 0.3 is 5.97 Å². The van der Waals surface area contributed by atoms with Crippen LogP contribution in [0.1, 0.15) is 41.7 Å². The maximum absolute atomic E-state index is 12.0. The molecule has 0 atom stereocenters. The van der Waals surface area contributed by atoms with Crippen molar-refractivity contribution in [3.8, 4) is 0 Å². The van der Waals surface area contributed by atoms with Crippen LogP contribution in [0.4, 0.5) is 0 Å². The largest absolute Gasteiger partial charge is 0.402 e. The predicted molar refractivity (Wildman–Crippen MR) is 94.8 cm³/mol. The van der Waals surface area contributed by atoms with E-state index in [0.717, 1.165) is 10.4 Å². The molecule has 0 saturated heterocycles. The van der Waals surface area contributed by atoms with E-state index in [1.54, 1.807) is 17.4 Å². The van der Waals surface area contributed by atoms with Gasteiger partial charge in [-0.1, -0.05) is 32.9 Å². The van der Waals surface area contributed by atoms with Crippen molar-refractivity contribution in [3.63, 3.8) is 0 Å². The average molecular weight is 325 g/mol. The molecule has 1 aliphatic rings. The van der Waals surface area contributed by atoms with Crippen LogP contribution < -0.4 is 0 Å². The number of rotatable bonds is 2. The SMILES string of the molecule is Cc1ccc(/C=C2\N=C(c3ccc(C(C)(C)C)cc3)OC2=O)s1. The molecule has 2 aromatic rings. The van der Waals surface area contributed by atoms with Crippen LogP contribution in [-0.4, -0.2) is 11.9 Å². The van der Waals surface area contributed by atoms with Gasteiger partial charge in [-0.25, -0.2) is 9.79 Å². The van der Waals surface area contributed by atoms with Crippen LogP contribution in [-0.2, 0) is 14.9 Å². The van der Waals surface area contributed by atoms with Crippen molar-refractivity contribution in [1.82, 2.24) is 0 Å². The molecule has 2 heterocycles. The molecule has 23 heavy (non-hydrogen) atoms. The summed E-state index contributed by atoms with van der Waals surface area (Å²) in [5.74, 6) is -0.0269. The van der Waals surface area contributed by atoms with Crippen molar-refractivity contribution >= 4 is 29.3 Å². The molecule has 0 spiro atoms.